The normalized spacial score (nSPS) is 17.5. The van der Waals surface area contributed by atoms with Gasteiger partial charge in [-0.25, -0.2) is 13.4 Å². The zero-order valence-electron chi connectivity index (χ0n) is 19.8. The SMILES string of the molecule is COCCCNC(=O)[C@@]1(CCS(=O)(=O)c2ccccc2)COC(c2ccc(OCCCO)cc2)=N1. The Morgan fingerprint density at radius 3 is 2.54 bits per heavy atom. The van der Waals surface area contributed by atoms with E-state index in [1.165, 1.54) is 12.1 Å². The molecule has 1 atom stereocenters. The third kappa shape index (κ3) is 7.27. The zero-order valence-corrected chi connectivity index (χ0v) is 20.6. The minimum atomic E-state index is -3.61. The second-order valence-corrected chi connectivity index (χ2v) is 10.3. The maximum Gasteiger partial charge on any atom is 0.251 e. The number of ether oxygens (including phenoxy) is 3. The standard InChI is InChI=1S/C25H32N2O7S/c1-32-16-5-14-26-24(29)25(13-18-35(30,31)22-7-3-2-4-8-22)19-34-23(27-25)20-9-11-21(12-10-20)33-17-6-15-28/h2-4,7-12,28H,5-6,13-19H2,1H3,(H,26,29)/t25-/m1/s1. The lowest BCUT2D eigenvalue weighted by Crippen LogP contribution is -2.48. The summed E-state index contributed by atoms with van der Waals surface area (Å²) in [6.07, 6.45) is 1.13. The number of methoxy groups -OCH3 is 1. The number of hydrogen-bond acceptors (Lipinski definition) is 8. The Balaban J connectivity index is 1.78. The Kier molecular flexibility index (Phi) is 9.64. The first-order valence-corrected chi connectivity index (χ1v) is 13.2. The number of aliphatic imine (C=N–C) groups is 1. The van der Waals surface area contributed by atoms with Gasteiger partial charge < -0.3 is 24.6 Å². The fraction of sp³-hybridized carbons (Fsp3) is 0.440. The fourth-order valence-corrected chi connectivity index (χ4v) is 4.95. The molecule has 9 nitrogen and oxygen atoms in total. The second-order valence-electron chi connectivity index (χ2n) is 8.17. The van der Waals surface area contributed by atoms with Crippen LogP contribution in [0.1, 0.15) is 24.8 Å². The number of rotatable bonds is 14. The van der Waals surface area contributed by atoms with Gasteiger partial charge in [0.15, 0.2) is 15.4 Å². The van der Waals surface area contributed by atoms with Crippen molar-refractivity contribution in [1.82, 2.24) is 5.32 Å². The van der Waals surface area contributed by atoms with E-state index < -0.39 is 15.4 Å². The first kappa shape index (κ1) is 26.7. The van der Waals surface area contributed by atoms with E-state index in [0.29, 0.717) is 43.9 Å². The highest BCUT2D eigenvalue weighted by Gasteiger charge is 2.45. The van der Waals surface area contributed by atoms with E-state index in [-0.39, 0.29) is 42.1 Å². The molecule has 0 aromatic heterocycles. The van der Waals surface area contributed by atoms with Crippen molar-refractivity contribution in [2.75, 3.05) is 45.8 Å². The van der Waals surface area contributed by atoms with Gasteiger partial charge in [-0.15, -0.1) is 0 Å². The molecular formula is C25H32N2O7S. The van der Waals surface area contributed by atoms with Crippen LogP contribution in [0.3, 0.4) is 0 Å². The summed E-state index contributed by atoms with van der Waals surface area (Å²) < 4.78 is 42.1. The zero-order chi connectivity index (χ0) is 25.2. The minimum absolute atomic E-state index is 0.0216. The highest BCUT2D eigenvalue weighted by molar-refractivity contribution is 7.91. The molecule has 10 heteroatoms. The van der Waals surface area contributed by atoms with Crippen LogP contribution in [0, 0.1) is 0 Å². The lowest BCUT2D eigenvalue weighted by molar-refractivity contribution is -0.126. The van der Waals surface area contributed by atoms with Crippen LogP contribution < -0.4 is 10.1 Å². The van der Waals surface area contributed by atoms with Crippen molar-refractivity contribution in [2.45, 2.75) is 29.7 Å². The van der Waals surface area contributed by atoms with Crippen molar-refractivity contribution in [3.05, 3.63) is 60.2 Å². The molecule has 2 aromatic rings. The lowest BCUT2D eigenvalue weighted by Gasteiger charge is -2.23. The van der Waals surface area contributed by atoms with Gasteiger partial charge in [-0.1, -0.05) is 18.2 Å². The predicted octanol–water partition coefficient (Wildman–Crippen LogP) is 1.98. The molecule has 0 bridgehead atoms. The summed E-state index contributed by atoms with van der Waals surface area (Å²) in [6, 6.07) is 15.2. The van der Waals surface area contributed by atoms with Crippen LogP contribution in [0.5, 0.6) is 5.75 Å². The van der Waals surface area contributed by atoms with Gasteiger partial charge in [-0.2, -0.15) is 0 Å². The van der Waals surface area contributed by atoms with Gasteiger partial charge in [0.1, 0.15) is 12.4 Å². The summed E-state index contributed by atoms with van der Waals surface area (Å²) in [5.41, 5.74) is -0.708. The summed E-state index contributed by atoms with van der Waals surface area (Å²) in [7, 11) is -2.02. The van der Waals surface area contributed by atoms with E-state index in [0.717, 1.165) is 0 Å². The quantitative estimate of drug-likeness (QED) is 0.377. The number of nitrogens with zero attached hydrogens (tertiary/aromatic N) is 1. The van der Waals surface area contributed by atoms with Crippen molar-refractivity contribution in [2.24, 2.45) is 4.99 Å². The monoisotopic (exact) mass is 504 g/mol. The number of sulfone groups is 1. The molecule has 1 aliphatic heterocycles. The third-order valence-electron chi connectivity index (χ3n) is 5.56. The Hall–Kier alpha value is -2.95. The number of aliphatic hydroxyl groups excluding tert-OH is 1. The third-order valence-corrected chi connectivity index (χ3v) is 7.29. The summed E-state index contributed by atoms with van der Waals surface area (Å²) in [6.45, 7) is 1.27. The molecule has 35 heavy (non-hydrogen) atoms. The average molecular weight is 505 g/mol. The molecule has 0 unspecified atom stereocenters. The van der Waals surface area contributed by atoms with Crippen LogP contribution >= 0.6 is 0 Å². The highest BCUT2D eigenvalue weighted by atomic mass is 32.2. The summed E-state index contributed by atoms with van der Waals surface area (Å²) in [5, 5.41) is 11.7. The smallest absolute Gasteiger partial charge is 0.251 e. The molecule has 0 saturated heterocycles. The van der Waals surface area contributed by atoms with Gasteiger partial charge in [0.05, 0.1) is 17.3 Å². The Bertz CT molecular complexity index is 1090. The largest absolute Gasteiger partial charge is 0.494 e. The van der Waals surface area contributed by atoms with E-state index >= 15 is 0 Å². The number of amides is 1. The molecule has 2 N–H and O–H groups in total. The topological polar surface area (TPSA) is 124 Å². The van der Waals surface area contributed by atoms with Crippen molar-refractivity contribution >= 4 is 21.6 Å². The van der Waals surface area contributed by atoms with E-state index in [2.05, 4.69) is 10.3 Å². The molecule has 3 rings (SSSR count). The maximum atomic E-state index is 13.2. The first-order chi connectivity index (χ1) is 16.9. The lowest BCUT2D eigenvalue weighted by atomic mass is 9.97. The minimum Gasteiger partial charge on any atom is -0.494 e. The van der Waals surface area contributed by atoms with Gasteiger partial charge in [0.25, 0.3) is 5.91 Å². The first-order valence-electron chi connectivity index (χ1n) is 11.5. The number of aliphatic hydroxyl groups is 1. The molecule has 0 radical (unpaired) electrons. The van der Waals surface area contributed by atoms with Crippen molar-refractivity contribution < 1.29 is 32.5 Å². The Labute approximate surface area is 206 Å². The average Bonchev–Trinajstić information content (AvgIpc) is 3.32. The van der Waals surface area contributed by atoms with E-state index in [1.54, 1.807) is 49.6 Å². The van der Waals surface area contributed by atoms with Crippen LogP contribution in [0.15, 0.2) is 64.5 Å². The van der Waals surface area contributed by atoms with Crippen LogP contribution in [-0.2, 0) is 24.1 Å². The van der Waals surface area contributed by atoms with Crippen LogP contribution in [0.4, 0.5) is 0 Å². The highest BCUT2D eigenvalue weighted by Crippen LogP contribution is 2.28. The molecule has 0 saturated carbocycles. The van der Waals surface area contributed by atoms with Gasteiger partial charge in [-0.3, -0.25) is 4.79 Å². The van der Waals surface area contributed by atoms with Gasteiger partial charge >= 0.3 is 0 Å². The Morgan fingerprint density at radius 1 is 1.11 bits per heavy atom. The molecular weight excluding hydrogens is 472 g/mol. The summed E-state index contributed by atoms with van der Waals surface area (Å²) >= 11 is 0. The van der Waals surface area contributed by atoms with Crippen molar-refractivity contribution in [3.8, 4) is 5.75 Å². The van der Waals surface area contributed by atoms with Crippen molar-refractivity contribution in [1.29, 1.82) is 0 Å². The predicted molar refractivity (Wildman–Crippen MR) is 131 cm³/mol. The Morgan fingerprint density at radius 2 is 1.86 bits per heavy atom. The molecule has 0 aliphatic carbocycles. The van der Waals surface area contributed by atoms with Gasteiger partial charge in [-0.05, 0) is 49.2 Å². The number of carbonyl (C=O) groups is 1. The summed E-state index contributed by atoms with van der Waals surface area (Å²) in [5.74, 6) is 0.282. The van der Waals surface area contributed by atoms with Gasteiger partial charge in [0, 0.05) is 38.9 Å². The van der Waals surface area contributed by atoms with Crippen LogP contribution in [0.25, 0.3) is 0 Å². The molecule has 0 spiro atoms. The number of benzene rings is 2. The van der Waals surface area contributed by atoms with E-state index in [1.807, 2.05) is 0 Å². The molecule has 190 valence electrons. The van der Waals surface area contributed by atoms with Crippen molar-refractivity contribution in [3.63, 3.8) is 0 Å². The molecule has 1 aliphatic rings. The van der Waals surface area contributed by atoms with Crippen LogP contribution in [-0.4, -0.2) is 76.7 Å². The van der Waals surface area contributed by atoms with Crippen LogP contribution in [0.2, 0.25) is 0 Å². The maximum absolute atomic E-state index is 13.2. The number of carbonyl (C=O) groups excluding carboxylic acids is 1. The number of hydrogen-bond donors (Lipinski definition) is 2. The fourth-order valence-electron chi connectivity index (χ4n) is 3.53. The summed E-state index contributed by atoms with van der Waals surface area (Å²) in [4.78, 5) is 18.0. The molecule has 0 fully saturated rings. The van der Waals surface area contributed by atoms with E-state index in [9.17, 15) is 13.2 Å². The molecule has 1 heterocycles. The molecule has 2 aromatic carbocycles. The molecule has 1 amide bonds. The second kappa shape index (κ2) is 12.7. The number of nitrogens with one attached hydrogen (secondary N) is 1. The van der Waals surface area contributed by atoms with E-state index in [4.69, 9.17) is 19.3 Å². The van der Waals surface area contributed by atoms with Gasteiger partial charge in [0.2, 0.25) is 5.90 Å².